The molecule has 3 aromatic rings. The van der Waals surface area contributed by atoms with E-state index in [2.05, 4.69) is 22.0 Å². The maximum Gasteiger partial charge on any atom is 0.131 e. The minimum Gasteiger partial charge on any atom is -0.487 e. The van der Waals surface area contributed by atoms with Crippen LogP contribution in [-0.2, 0) is 17.8 Å². The van der Waals surface area contributed by atoms with Gasteiger partial charge in [0.15, 0.2) is 0 Å². The van der Waals surface area contributed by atoms with Gasteiger partial charge in [0.1, 0.15) is 12.4 Å². The van der Waals surface area contributed by atoms with Crippen LogP contribution < -0.4 is 4.74 Å². The number of ether oxygens (including phenoxy) is 1. The minimum absolute atomic E-state index is 0.132. The molecule has 0 spiro atoms. The largest absolute Gasteiger partial charge is 0.487 e. The molecule has 0 saturated carbocycles. The molecule has 5 rings (SSSR count). The molecule has 7 heteroatoms. The molecule has 2 unspecified atom stereocenters. The molecule has 3 heterocycles. The summed E-state index contributed by atoms with van der Waals surface area (Å²) < 4.78 is 6.12. The molecule has 0 aliphatic carbocycles. The quantitative estimate of drug-likeness (QED) is 0.389. The molecule has 6 nitrogen and oxygen atoms in total. The SMILES string of the molecule is CC(C)(O)c1ccc2c(c1)/C(=C\CCN1CCC(O)(c3ccc(Cl)cc3)C(C)(CO)C1)c1cccnc1CO2. The van der Waals surface area contributed by atoms with Crippen molar-refractivity contribution in [1.82, 2.24) is 9.88 Å². The number of likely N-dealkylation sites (tertiary alicyclic amines) is 1. The van der Waals surface area contributed by atoms with E-state index in [1.54, 1.807) is 32.2 Å². The lowest BCUT2D eigenvalue weighted by Gasteiger charge is -2.51. The van der Waals surface area contributed by atoms with Crippen LogP contribution >= 0.6 is 11.6 Å². The molecule has 2 atom stereocenters. The highest BCUT2D eigenvalue weighted by molar-refractivity contribution is 6.30. The van der Waals surface area contributed by atoms with Crippen molar-refractivity contribution in [3.05, 3.63) is 99.8 Å². The Balaban J connectivity index is 1.41. The van der Waals surface area contributed by atoms with Gasteiger partial charge in [0.05, 0.1) is 23.5 Å². The van der Waals surface area contributed by atoms with Crippen LogP contribution in [0.5, 0.6) is 5.75 Å². The summed E-state index contributed by atoms with van der Waals surface area (Å²) in [5.74, 6) is 0.770. The van der Waals surface area contributed by atoms with Gasteiger partial charge in [-0.1, -0.05) is 48.9 Å². The molecule has 1 fully saturated rings. The summed E-state index contributed by atoms with van der Waals surface area (Å²) in [7, 11) is 0. The Hall–Kier alpha value is -2.74. The number of hydrogen-bond acceptors (Lipinski definition) is 6. The van der Waals surface area contributed by atoms with Crippen LogP contribution in [0.15, 0.2) is 66.9 Å². The molecule has 2 aliphatic rings. The Morgan fingerprint density at radius 3 is 2.62 bits per heavy atom. The molecule has 2 aliphatic heterocycles. The van der Waals surface area contributed by atoms with Gasteiger partial charge in [0.2, 0.25) is 0 Å². The van der Waals surface area contributed by atoms with E-state index in [9.17, 15) is 15.3 Å². The lowest BCUT2D eigenvalue weighted by Crippen LogP contribution is -2.58. The second-order valence-electron chi connectivity index (χ2n) is 11.6. The number of hydrogen-bond donors (Lipinski definition) is 3. The molecule has 1 saturated heterocycles. The Labute approximate surface area is 235 Å². The number of aliphatic hydroxyl groups excluding tert-OH is 1. The van der Waals surface area contributed by atoms with Gasteiger partial charge in [-0.25, -0.2) is 0 Å². The summed E-state index contributed by atoms with van der Waals surface area (Å²) in [6.07, 6.45) is 5.28. The van der Waals surface area contributed by atoms with Gasteiger partial charge in [0, 0.05) is 47.4 Å². The first-order valence-corrected chi connectivity index (χ1v) is 13.9. The van der Waals surface area contributed by atoms with Crippen molar-refractivity contribution in [2.45, 2.75) is 51.4 Å². The molecular formula is C32H37ClN2O4. The van der Waals surface area contributed by atoms with Crippen molar-refractivity contribution >= 4 is 17.2 Å². The fraction of sp³-hybridized carbons (Fsp3) is 0.406. The predicted molar refractivity (Wildman–Crippen MR) is 154 cm³/mol. The van der Waals surface area contributed by atoms with Crippen molar-refractivity contribution in [2.24, 2.45) is 5.41 Å². The fourth-order valence-electron chi connectivity index (χ4n) is 5.86. The minimum atomic E-state index is -1.14. The summed E-state index contributed by atoms with van der Waals surface area (Å²) in [5, 5.41) is 33.5. The number of piperidine rings is 1. The third-order valence-corrected chi connectivity index (χ3v) is 8.60. The van der Waals surface area contributed by atoms with Crippen LogP contribution in [0.2, 0.25) is 5.02 Å². The third-order valence-electron chi connectivity index (χ3n) is 8.35. The molecule has 3 N–H and O–H groups in total. The van der Waals surface area contributed by atoms with Gasteiger partial charge in [-0.2, -0.15) is 0 Å². The second kappa shape index (κ2) is 10.7. The zero-order chi connectivity index (χ0) is 27.8. The summed E-state index contributed by atoms with van der Waals surface area (Å²) in [4.78, 5) is 6.88. The molecule has 0 radical (unpaired) electrons. The summed E-state index contributed by atoms with van der Waals surface area (Å²) in [6, 6.07) is 17.1. The molecule has 0 bridgehead atoms. The van der Waals surface area contributed by atoms with E-state index < -0.39 is 16.6 Å². The average Bonchev–Trinajstić information content (AvgIpc) is 3.07. The van der Waals surface area contributed by atoms with E-state index >= 15 is 0 Å². The first kappa shape index (κ1) is 27.8. The Morgan fingerprint density at radius 2 is 1.90 bits per heavy atom. The molecule has 0 amide bonds. The van der Waals surface area contributed by atoms with Gasteiger partial charge in [-0.05, 0) is 73.7 Å². The highest BCUT2D eigenvalue weighted by Crippen LogP contribution is 2.46. The summed E-state index contributed by atoms with van der Waals surface area (Å²) in [6.45, 7) is 7.80. The van der Waals surface area contributed by atoms with Crippen molar-refractivity contribution < 1.29 is 20.1 Å². The zero-order valence-corrected chi connectivity index (χ0v) is 23.6. The molecule has 206 valence electrons. The van der Waals surface area contributed by atoms with Gasteiger partial charge < -0.3 is 25.0 Å². The first-order valence-electron chi connectivity index (χ1n) is 13.5. The molecular weight excluding hydrogens is 512 g/mol. The smallest absolute Gasteiger partial charge is 0.131 e. The number of fused-ring (bicyclic) bond motifs is 2. The van der Waals surface area contributed by atoms with Crippen molar-refractivity contribution in [2.75, 3.05) is 26.2 Å². The van der Waals surface area contributed by atoms with E-state index in [1.807, 2.05) is 43.3 Å². The van der Waals surface area contributed by atoms with Gasteiger partial charge >= 0.3 is 0 Å². The van der Waals surface area contributed by atoms with E-state index in [1.165, 1.54) is 0 Å². The monoisotopic (exact) mass is 548 g/mol. The van der Waals surface area contributed by atoms with Gasteiger partial charge in [-0.15, -0.1) is 0 Å². The van der Waals surface area contributed by atoms with Crippen LogP contribution in [0.25, 0.3) is 5.57 Å². The maximum absolute atomic E-state index is 11.8. The van der Waals surface area contributed by atoms with Gasteiger partial charge in [0.25, 0.3) is 0 Å². The highest BCUT2D eigenvalue weighted by atomic mass is 35.5. The van der Waals surface area contributed by atoms with E-state index in [0.717, 1.165) is 52.2 Å². The van der Waals surface area contributed by atoms with E-state index in [4.69, 9.17) is 16.3 Å². The topological polar surface area (TPSA) is 86.1 Å². The number of aliphatic hydroxyl groups is 3. The lowest BCUT2D eigenvalue weighted by atomic mass is 9.65. The summed E-state index contributed by atoms with van der Waals surface area (Å²) in [5.41, 5.74) is 2.64. The van der Waals surface area contributed by atoms with Crippen LogP contribution in [-0.4, -0.2) is 51.4 Å². The first-order chi connectivity index (χ1) is 18.5. The van der Waals surface area contributed by atoms with Crippen LogP contribution in [0.3, 0.4) is 0 Å². The van der Waals surface area contributed by atoms with Crippen molar-refractivity contribution in [3.63, 3.8) is 0 Å². The predicted octanol–water partition coefficient (Wildman–Crippen LogP) is 5.27. The number of rotatable bonds is 6. The van der Waals surface area contributed by atoms with E-state index in [-0.39, 0.29) is 6.61 Å². The van der Waals surface area contributed by atoms with Crippen molar-refractivity contribution in [1.29, 1.82) is 0 Å². The Morgan fingerprint density at radius 1 is 1.13 bits per heavy atom. The molecule has 1 aromatic heterocycles. The number of pyridine rings is 1. The van der Waals surface area contributed by atoms with E-state index in [0.29, 0.717) is 31.1 Å². The second-order valence-corrected chi connectivity index (χ2v) is 12.0. The zero-order valence-electron chi connectivity index (χ0n) is 22.8. The Kier molecular flexibility index (Phi) is 7.61. The number of benzene rings is 2. The highest BCUT2D eigenvalue weighted by Gasteiger charge is 2.51. The number of nitrogens with zero attached hydrogens (tertiary/aromatic N) is 2. The van der Waals surface area contributed by atoms with Crippen molar-refractivity contribution in [3.8, 4) is 5.75 Å². The van der Waals surface area contributed by atoms with Gasteiger partial charge in [-0.3, -0.25) is 4.98 Å². The summed E-state index contributed by atoms with van der Waals surface area (Å²) >= 11 is 6.08. The normalized spacial score (nSPS) is 24.5. The third kappa shape index (κ3) is 5.37. The number of aromatic nitrogens is 1. The fourth-order valence-corrected chi connectivity index (χ4v) is 5.99. The molecule has 39 heavy (non-hydrogen) atoms. The molecule has 2 aromatic carbocycles. The van der Waals surface area contributed by atoms with Crippen LogP contribution in [0.1, 0.15) is 61.6 Å². The standard InChI is InChI=1S/C32H37ClN2O4/c1-30(2,37)23-10-13-29-27(18-23)25(26-6-4-15-34-28(26)19-39-29)7-5-16-35-17-14-32(38,31(3,20-35)21-36)22-8-11-24(33)12-9-22/h4,6-13,15,18,36-38H,5,14,16-17,19-21H2,1-3H3/b25-7-. The average molecular weight is 549 g/mol. The maximum atomic E-state index is 11.8. The Bertz CT molecular complexity index is 1370. The lowest BCUT2D eigenvalue weighted by molar-refractivity contribution is -0.152. The van der Waals surface area contributed by atoms with Crippen LogP contribution in [0, 0.1) is 5.41 Å². The number of halogens is 1. The van der Waals surface area contributed by atoms with Crippen LogP contribution in [0.4, 0.5) is 0 Å².